The number of hydrogen-bond donors (Lipinski definition) is 1. The first-order valence-corrected chi connectivity index (χ1v) is 9.01. The number of nitrogens with zero attached hydrogens (tertiary/aromatic N) is 5. The monoisotopic (exact) mass is 422 g/mol. The number of carbonyl (C=O) groups is 1. The highest BCUT2D eigenvalue weighted by molar-refractivity contribution is 9.10. The molecule has 7 nitrogen and oxygen atoms in total. The van der Waals surface area contributed by atoms with E-state index in [2.05, 4.69) is 36.4 Å². The minimum atomic E-state index is -0.197. The maximum absolute atomic E-state index is 12.6. The number of rotatable bonds is 5. The molecule has 4 aromatic rings. The summed E-state index contributed by atoms with van der Waals surface area (Å²) in [5, 5.41) is 11.3. The summed E-state index contributed by atoms with van der Waals surface area (Å²) < 4.78 is 4.41. The molecule has 0 radical (unpaired) electrons. The van der Waals surface area contributed by atoms with Gasteiger partial charge >= 0.3 is 0 Å². The lowest BCUT2D eigenvalue weighted by atomic mass is 10.2. The van der Waals surface area contributed by atoms with Crippen LogP contribution in [0.4, 0.5) is 5.82 Å². The molecule has 0 aliphatic rings. The van der Waals surface area contributed by atoms with E-state index in [1.165, 1.54) is 6.33 Å². The van der Waals surface area contributed by atoms with Crippen LogP contribution in [0.15, 0.2) is 77.9 Å². The Morgan fingerprint density at radius 1 is 1.00 bits per heavy atom. The molecule has 2 aromatic carbocycles. The Balaban J connectivity index is 1.47. The van der Waals surface area contributed by atoms with Gasteiger partial charge in [0, 0.05) is 16.1 Å². The second-order valence-corrected chi connectivity index (χ2v) is 6.76. The number of benzene rings is 2. The van der Waals surface area contributed by atoms with Gasteiger partial charge in [-0.3, -0.25) is 4.79 Å². The number of anilines is 1. The first-order chi connectivity index (χ1) is 13.2. The number of halogens is 1. The van der Waals surface area contributed by atoms with E-state index in [0.29, 0.717) is 17.9 Å². The Kier molecular flexibility index (Phi) is 4.80. The second-order valence-electron chi connectivity index (χ2n) is 5.84. The van der Waals surface area contributed by atoms with E-state index in [0.717, 1.165) is 15.7 Å². The maximum atomic E-state index is 12.6. The van der Waals surface area contributed by atoms with E-state index < -0.39 is 0 Å². The second kappa shape index (κ2) is 7.55. The Labute approximate surface area is 163 Å². The topological polar surface area (TPSA) is 77.6 Å². The lowest BCUT2D eigenvalue weighted by Gasteiger charge is -2.10. The molecule has 0 unspecified atom stereocenters. The molecule has 1 amide bonds. The van der Waals surface area contributed by atoms with E-state index in [1.807, 2.05) is 36.4 Å². The fraction of sp³-hybridized carbons (Fsp3) is 0.0526. The van der Waals surface area contributed by atoms with Crippen molar-refractivity contribution in [1.29, 1.82) is 0 Å². The largest absolute Gasteiger partial charge is 0.307 e. The minimum absolute atomic E-state index is 0.197. The Morgan fingerprint density at radius 3 is 2.48 bits per heavy atom. The van der Waals surface area contributed by atoms with Crippen molar-refractivity contribution >= 4 is 27.7 Å². The van der Waals surface area contributed by atoms with E-state index in [4.69, 9.17) is 0 Å². The quantitative estimate of drug-likeness (QED) is 0.533. The summed E-state index contributed by atoms with van der Waals surface area (Å²) in [7, 11) is 0. The van der Waals surface area contributed by atoms with Crippen LogP contribution in [0.2, 0.25) is 0 Å². The highest BCUT2D eigenvalue weighted by atomic mass is 79.9. The van der Waals surface area contributed by atoms with Gasteiger partial charge in [0.2, 0.25) is 0 Å². The SMILES string of the molecule is O=C(Nc1ccnn1Cc1ccc(Br)cc1)c1ccc(-n2cncn2)cc1. The molecule has 1 N–H and O–H groups in total. The summed E-state index contributed by atoms with van der Waals surface area (Å²) in [5.74, 6) is 0.445. The van der Waals surface area contributed by atoms with Crippen molar-refractivity contribution in [2.45, 2.75) is 6.54 Å². The van der Waals surface area contributed by atoms with Crippen LogP contribution >= 0.6 is 15.9 Å². The molecule has 0 spiro atoms. The first kappa shape index (κ1) is 17.2. The predicted molar refractivity (Wildman–Crippen MR) is 105 cm³/mol. The summed E-state index contributed by atoms with van der Waals surface area (Å²) in [6.45, 7) is 0.571. The molecule has 27 heavy (non-hydrogen) atoms. The van der Waals surface area contributed by atoms with Crippen LogP contribution in [0.1, 0.15) is 15.9 Å². The van der Waals surface area contributed by atoms with Gasteiger partial charge < -0.3 is 5.32 Å². The molecule has 134 valence electrons. The Bertz CT molecular complexity index is 1040. The molecule has 0 aliphatic carbocycles. The van der Waals surface area contributed by atoms with Gasteiger partial charge in [0.15, 0.2) is 0 Å². The van der Waals surface area contributed by atoms with E-state index >= 15 is 0 Å². The molecule has 8 heteroatoms. The van der Waals surface area contributed by atoms with Gasteiger partial charge in [-0.15, -0.1) is 0 Å². The average molecular weight is 423 g/mol. The highest BCUT2D eigenvalue weighted by Crippen LogP contribution is 2.15. The van der Waals surface area contributed by atoms with Crippen LogP contribution in [0.3, 0.4) is 0 Å². The van der Waals surface area contributed by atoms with E-state index in [1.54, 1.807) is 40.1 Å². The lowest BCUT2D eigenvalue weighted by molar-refractivity contribution is 0.102. The van der Waals surface area contributed by atoms with Crippen molar-refractivity contribution in [1.82, 2.24) is 24.5 Å². The highest BCUT2D eigenvalue weighted by Gasteiger charge is 2.10. The first-order valence-electron chi connectivity index (χ1n) is 8.22. The Morgan fingerprint density at radius 2 is 1.78 bits per heavy atom. The van der Waals surface area contributed by atoms with Gasteiger partial charge in [-0.25, -0.2) is 14.3 Å². The third kappa shape index (κ3) is 3.95. The van der Waals surface area contributed by atoms with Crippen LogP contribution in [0.5, 0.6) is 0 Å². The van der Waals surface area contributed by atoms with Gasteiger partial charge in [-0.05, 0) is 42.0 Å². The standard InChI is InChI=1S/C19H15BrN6O/c20-16-5-1-14(2-6-16)11-25-18(9-10-22-25)24-19(27)15-3-7-17(8-4-15)26-13-21-12-23-26/h1-10,12-13H,11H2,(H,24,27). The average Bonchev–Trinajstić information content (AvgIpc) is 3.36. The third-order valence-electron chi connectivity index (χ3n) is 4.02. The predicted octanol–water partition coefficient (Wildman–Crippen LogP) is 3.53. The molecular weight excluding hydrogens is 408 g/mol. The molecule has 0 atom stereocenters. The van der Waals surface area contributed by atoms with Gasteiger partial charge in [0.25, 0.3) is 5.91 Å². The number of hydrogen-bond acceptors (Lipinski definition) is 4. The van der Waals surface area contributed by atoms with Crippen LogP contribution in [0, 0.1) is 0 Å². The van der Waals surface area contributed by atoms with Crippen LogP contribution in [-0.2, 0) is 6.54 Å². The van der Waals surface area contributed by atoms with Crippen LogP contribution < -0.4 is 5.32 Å². The van der Waals surface area contributed by atoms with Crippen LogP contribution in [0.25, 0.3) is 5.69 Å². The van der Waals surface area contributed by atoms with Crippen molar-refractivity contribution < 1.29 is 4.79 Å². The zero-order valence-corrected chi connectivity index (χ0v) is 15.7. The van der Waals surface area contributed by atoms with Crippen molar-refractivity contribution in [3.8, 4) is 5.69 Å². The Hall–Kier alpha value is -3.26. The van der Waals surface area contributed by atoms with E-state index in [9.17, 15) is 4.79 Å². The summed E-state index contributed by atoms with van der Waals surface area (Å²) in [5.41, 5.74) is 2.48. The van der Waals surface area contributed by atoms with Crippen molar-refractivity contribution in [3.05, 3.63) is 89.0 Å². The molecule has 4 rings (SSSR count). The van der Waals surface area contributed by atoms with Crippen molar-refractivity contribution in [2.75, 3.05) is 5.32 Å². The van der Waals surface area contributed by atoms with Gasteiger partial charge in [-0.1, -0.05) is 28.1 Å². The molecule has 0 saturated heterocycles. The number of carbonyl (C=O) groups excluding carboxylic acids is 1. The summed E-state index contributed by atoms with van der Waals surface area (Å²) >= 11 is 3.43. The normalized spacial score (nSPS) is 10.7. The molecule has 2 aromatic heterocycles. The molecule has 0 aliphatic heterocycles. The molecule has 0 saturated carbocycles. The zero-order chi connectivity index (χ0) is 18.6. The fourth-order valence-electron chi connectivity index (χ4n) is 2.62. The van der Waals surface area contributed by atoms with Crippen molar-refractivity contribution in [2.24, 2.45) is 0 Å². The summed E-state index contributed by atoms with van der Waals surface area (Å²) in [6, 6.07) is 16.9. The van der Waals surface area contributed by atoms with Gasteiger partial charge in [0.1, 0.15) is 18.5 Å². The third-order valence-corrected chi connectivity index (χ3v) is 4.55. The number of amides is 1. The number of aromatic nitrogens is 5. The molecule has 0 fully saturated rings. The van der Waals surface area contributed by atoms with Gasteiger partial charge in [-0.2, -0.15) is 10.2 Å². The maximum Gasteiger partial charge on any atom is 0.256 e. The molecule has 0 bridgehead atoms. The minimum Gasteiger partial charge on any atom is -0.307 e. The van der Waals surface area contributed by atoms with Gasteiger partial charge in [0.05, 0.1) is 18.4 Å². The zero-order valence-electron chi connectivity index (χ0n) is 14.2. The fourth-order valence-corrected chi connectivity index (χ4v) is 2.89. The summed E-state index contributed by atoms with van der Waals surface area (Å²) in [4.78, 5) is 16.5. The van der Waals surface area contributed by atoms with E-state index in [-0.39, 0.29) is 5.91 Å². The van der Waals surface area contributed by atoms with Crippen molar-refractivity contribution in [3.63, 3.8) is 0 Å². The smallest absolute Gasteiger partial charge is 0.256 e. The molecule has 2 heterocycles. The summed E-state index contributed by atoms with van der Waals surface area (Å²) in [6.07, 6.45) is 4.74. The van der Waals surface area contributed by atoms with Crippen LogP contribution in [-0.4, -0.2) is 30.5 Å². The lowest BCUT2D eigenvalue weighted by Crippen LogP contribution is -2.16. The number of nitrogens with one attached hydrogen (secondary N) is 1. The molecular formula is C19H15BrN6O.